The molecule has 174 valence electrons. The van der Waals surface area contributed by atoms with Gasteiger partial charge in [0.15, 0.2) is 5.65 Å². The molecule has 33 heavy (non-hydrogen) atoms. The Labute approximate surface area is 201 Å². The van der Waals surface area contributed by atoms with E-state index in [-0.39, 0.29) is 23.6 Å². The Bertz CT molecular complexity index is 1180. The van der Waals surface area contributed by atoms with E-state index in [1.807, 2.05) is 25.5 Å². The Morgan fingerprint density at radius 3 is 2.39 bits per heavy atom. The van der Waals surface area contributed by atoms with Crippen molar-refractivity contribution < 1.29 is 14.3 Å². The van der Waals surface area contributed by atoms with Crippen molar-refractivity contribution in [2.45, 2.75) is 45.3 Å². The quantitative estimate of drug-likeness (QED) is 0.519. The molecule has 0 bridgehead atoms. The second kappa shape index (κ2) is 9.19. The molecule has 1 N–H and O–H groups in total. The predicted octanol–water partition coefficient (Wildman–Crippen LogP) is 5.56. The molecule has 0 spiro atoms. The molecule has 0 unspecified atom stereocenters. The number of aromatic nitrogens is 3. The van der Waals surface area contributed by atoms with Crippen molar-refractivity contribution in [1.82, 2.24) is 19.7 Å². The van der Waals surface area contributed by atoms with Gasteiger partial charge in [0.2, 0.25) is 0 Å². The molecule has 1 saturated heterocycles. The molecular formula is C23H25Cl2N5O3. The van der Waals surface area contributed by atoms with E-state index in [2.05, 4.69) is 15.4 Å². The number of hydrogen-bond donors (Lipinski definition) is 1. The zero-order valence-electron chi connectivity index (χ0n) is 18.6. The monoisotopic (exact) mass is 489 g/mol. The first-order valence-electron chi connectivity index (χ1n) is 10.7. The van der Waals surface area contributed by atoms with Crippen LogP contribution < -0.4 is 5.32 Å². The number of piperidine rings is 1. The van der Waals surface area contributed by atoms with Crippen LogP contribution in [0.5, 0.6) is 0 Å². The number of amides is 2. The van der Waals surface area contributed by atoms with Crippen LogP contribution in [-0.4, -0.2) is 50.4 Å². The maximum Gasteiger partial charge on any atom is 0.410 e. The summed E-state index contributed by atoms with van der Waals surface area (Å²) in [5.74, 6) is -0.366. The van der Waals surface area contributed by atoms with Crippen molar-refractivity contribution >= 4 is 51.9 Å². The molecule has 3 aromatic rings. The van der Waals surface area contributed by atoms with Crippen molar-refractivity contribution in [3.63, 3.8) is 0 Å². The molecular weight excluding hydrogens is 465 g/mol. The molecule has 0 aliphatic carbocycles. The summed E-state index contributed by atoms with van der Waals surface area (Å²) in [7, 11) is 0. The van der Waals surface area contributed by atoms with Gasteiger partial charge >= 0.3 is 6.09 Å². The number of nitrogens with one attached hydrogen (secondary N) is 1. The normalized spacial score (nSPS) is 15.0. The highest BCUT2D eigenvalue weighted by molar-refractivity contribution is 6.38. The lowest BCUT2D eigenvalue weighted by molar-refractivity contribution is 0.0186. The summed E-state index contributed by atoms with van der Waals surface area (Å²) in [6.07, 6.45) is 4.22. The summed E-state index contributed by atoms with van der Waals surface area (Å²) in [6.45, 7) is 6.69. The van der Waals surface area contributed by atoms with Gasteiger partial charge < -0.3 is 15.0 Å². The third-order valence-electron chi connectivity index (χ3n) is 5.37. The number of carbonyl (C=O) groups excluding carboxylic acids is 2. The van der Waals surface area contributed by atoms with E-state index in [9.17, 15) is 9.59 Å². The van der Waals surface area contributed by atoms with Crippen molar-refractivity contribution in [1.29, 1.82) is 0 Å². The molecule has 2 amide bonds. The van der Waals surface area contributed by atoms with E-state index in [0.29, 0.717) is 52.7 Å². The minimum Gasteiger partial charge on any atom is -0.444 e. The number of fused-ring (bicyclic) bond motifs is 1. The molecule has 1 fully saturated rings. The lowest BCUT2D eigenvalue weighted by Gasteiger charge is -2.33. The zero-order chi connectivity index (χ0) is 23.8. The highest BCUT2D eigenvalue weighted by Crippen LogP contribution is 2.31. The van der Waals surface area contributed by atoms with Crippen molar-refractivity contribution in [3.8, 4) is 0 Å². The average molecular weight is 490 g/mol. The van der Waals surface area contributed by atoms with Gasteiger partial charge in [0.05, 0.1) is 28.2 Å². The Kier molecular flexibility index (Phi) is 6.50. The molecule has 1 aromatic carbocycles. The van der Waals surface area contributed by atoms with Crippen molar-refractivity contribution in [3.05, 3.63) is 52.3 Å². The first-order valence-corrected chi connectivity index (χ1v) is 11.4. The van der Waals surface area contributed by atoms with Gasteiger partial charge in [0.25, 0.3) is 5.91 Å². The maximum atomic E-state index is 12.7. The second-order valence-electron chi connectivity index (χ2n) is 8.97. The van der Waals surface area contributed by atoms with Crippen LogP contribution in [0.25, 0.3) is 11.0 Å². The van der Waals surface area contributed by atoms with Crippen LogP contribution in [0.1, 0.15) is 50.0 Å². The van der Waals surface area contributed by atoms with Gasteiger partial charge in [-0.3, -0.25) is 4.79 Å². The van der Waals surface area contributed by atoms with E-state index >= 15 is 0 Å². The van der Waals surface area contributed by atoms with Crippen LogP contribution in [0, 0.1) is 0 Å². The van der Waals surface area contributed by atoms with Gasteiger partial charge in [0.1, 0.15) is 5.60 Å². The van der Waals surface area contributed by atoms with Crippen molar-refractivity contribution in [2.24, 2.45) is 0 Å². The summed E-state index contributed by atoms with van der Waals surface area (Å²) < 4.78 is 7.29. The first-order chi connectivity index (χ1) is 15.6. The molecule has 0 saturated carbocycles. The van der Waals surface area contributed by atoms with E-state index in [0.717, 1.165) is 0 Å². The number of carbonyl (C=O) groups is 2. The number of pyridine rings is 1. The third-order valence-corrected chi connectivity index (χ3v) is 6.03. The number of benzene rings is 1. The standard InChI is InChI=1S/C23H25Cl2N5O3/c1-23(2,3)33-22(32)29-10-8-16(9-11-29)30-20-17(13-27-30)19(25)18(12-26-20)21(31)28-15-6-4-14(24)5-7-15/h4-7,12-13,16H,8-11H2,1-3H3,(H,28,31). The summed E-state index contributed by atoms with van der Waals surface area (Å²) in [5, 5.41) is 8.77. The smallest absolute Gasteiger partial charge is 0.410 e. The van der Waals surface area contributed by atoms with E-state index in [1.165, 1.54) is 6.20 Å². The van der Waals surface area contributed by atoms with Crippen molar-refractivity contribution in [2.75, 3.05) is 18.4 Å². The average Bonchev–Trinajstić information content (AvgIpc) is 3.19. The van der Waals surface area contributed by atoms with Crippen LogP contribution in [0.3, 0.4) is 0 Å². The minimum atomic E-state index is -0.523. The molecule has 1 aliphatic heterocycles. The Balaban J connectivity index is 1.48. The van der Waals surface area contributed by atoms with Gasteiger partial charge in [-0.25, -0.2) is 14.5 Å². The Morgan fingerprint density at radius 1 is 1.09 bits per heavy atom. The van der Waals surface area contributed by atoms with Crippen LogP contribution in [0.4, 0.5) is 10.5 Å². The van der Waals surface area contributed by atoms with Gasteiger partial charge in [-0.2, -0.15) is 5.10 Å². The molecule has 2 aromatic heterocycles. The van der Waals surface area contributed by atoms with Gasteiger partial charge in [-0.05, 0) is 57.9 Å². The van der Waals surface area contributed by atoms with E-state index in [4.69, 9.17) is 27.9 Å². The second-order valence-corrected chi connectivity index (χ2v) is 9.79. The minimum absolute atomic E-state index is 0.0681. The molecule has 4 rings (SSSR count). The molecule has 8 nitrogen and oxygen atoms in total. The van der Waals surface area contributed by atoms with Crippen LogP contribution in [-0.2, 0) is 4.74 Å². The third kappa shape index (κ3) is 5.23. The molecule has 1 aliphatic rings. The molecule has 0 radical (unpaired) electrons. The fourth-order valence-corrected chi connectivity index (χ4v) is 4.14. The summed E-state index contributed by atoms with van der Waals surface area (Å²) >= 11 is 12.5. The highest BCUT2D eigenvalue weighted by Gasteiger charge is 2.29. The Morgan fingerprint density at radius 2 is 1.76 bits per heavy atom. The summed E-state index contributed by atoms with van der Waals surface area (Å²) in [5.41, 5.74) is 0.954. The number of hydrogen-bond acceptors (Lipinski definition) is 5. The Hall–Kier alpha value is -2.84. The lowest BCUT2D eigenvalue weighted by atomic mass is 10.1. The highest BCUT2D eigenvalue weighted by atomic mass is 35.5. The first kappa shape index (κ1) is 23.3. The molecule has 10 heteroatoms. The lowest BCUT2D eigenvalue weighted by Crippen LogP contribution is -2.42. The van der Waals surface area contributed by atoms with E-state index in [1.54, 1.807) is 35.4 Å². The number of likely N-dealkylation sites (tertiary alicyclic amines) is 1. The zero-order valence-corrected chi connectivity index (χ0v) is 20.2. The largest absolute Gasteiger partial charge is 0.444 e. The topological polar surface area (TPSA) is 89.4 Å². The summed E-state index contributed by atoms with van der Waals surface area (Å²) in [6, 6.07) is 6.87. The van der Waals surface area contributed by atoms with Gasteiger partial charge in [-0.1, -0.05) is 23.2 Å². The van der Waals surface area contributed by atoms with Gasteiger partial charge in [-0.15, -0.1) is 0 Å². The predicted molar refractivity (Wildman–Crippen MR) is 128 cm³/mol. The fourth-order valence-electron chi connectivity index (χ4n) is 3.74. The van der Waals surface area contributed by atoms with Crippen LogP contribution >= 0.6 is 23.2 Å². The number of rotatable bonds is 3. The molecule has 3 heterocycles. The number of anilines is 1. The van der Waals surface area contributed by atoms with Gasteiger partial charge in [0, 0.05) is 30.0 Å². The number of halogens is 2. The molecule has 0 atom stereocenters. The van der Waals surface area contributed by atoms with Crippen LogP contribution in [0.15, 0.2) is 36.7 Å². The number of nitrogens with zero attached hydrogens (tertiary/aromatic N) is 4. The maximum absolute atomic E-state index is 12.7. The van der Waals surface area contributed by atoms with E-state index < -0.39 is 5.60 Å². The number of ether oxygens (including phenoxy) is 1. The summed E-state index contributed by atoms with van der Waals surface area (Å²) in [4.78, 5) is 31.2. The fraction of sp³-hybridized carbons (Fsp3) is 0.391. The van der Waals surface area contributed by atoms with Crippen LogP contribution in [0.2, 0.25) is 10.0 Å². The SMILES string of the molecule is CC(C)(C)OC(=O)N1CCC(n2ncc3c(Cl)c(C(=O)Nc4ccc(Cl)cc4)cnc32)CC1.